The van der Waals surface area contributed by atoms with Gasteiger partial charge in [0.05, 0.1) is 13.2 Å². The van der Waals surface area contributed by atoms with Crippen LogP contribution in [0.3, 0.4) is 0 Å². The summed E-state index contributed by atoms with van der Waals surface area (Å²) < 4.78 is 19.4. The highest BCUT2D eigenvalue weighted by Crippen LogP contribution is 2.64. The van der Waals surface area contributed by atoms with E-state index in [1.54, 1.807) is 12.1 Å². The molecular weight excluding hydrogens is 267 g/mol. The molecule has 0 aromatic heterocycles. The van der Waals surface area contributed by atoms with Crippen LogP contribution in [-0.2, 0) is 0 Å². The Labute approximate surface area is 125 Å². The quantitative estimate of drug-likeness (QED) is 0.908. The molecule has 21 heavy (non-hydrogen) atoms. The zero-order valence-corrected chi connectivity index (χ0v) is 12.5. The second kappa shape index (κ2) is 4.70. The average Bonchev–Trinajstić information content (AvgIpc) is 2.45. The second-order valence-corrected chi connectivity index (χ2v) is 7.57. The molecule has 4 aliphatic carbocycles. The van der Waals surface area contributed by atoms with Crippen LogP contribution >= 0.6 is 0 Å². The van der Waals surface area contributed by atoms with Crippen LogP contribution < -0.4 is 4.74 Å². The minimum atomic E-state index is -0.670. The van der Waals surface area contributed by atoms with Gasteiger partial charge in [0.15, 0.2) is 0 Å². The number of aliphatic hydroxyl groups is 1. The van der Waals surface area contributed by atoms with Gasteiger partial charge in [-0.1, -0.05) is 0 Å². The third-order valence-electron chi connectivity index (χ3n) is 6.17. The predicted molar refractivity (Wildman–Crippen MR) is 78.5 cm³/mol. The fraction of sp³-hybridized carbons (Fsp3) is 0.667. The van der Waals surface area contributed by atoms with E-state index < -0.39 is 6.10 Å². The Morgan fingerprint density at radius 3 is 2.19 bits per heavy atom. The number of hydrogen-bond acceptors (Lipinski definition) is 2. The highest BCUT2D eigenvalue weighted by atomic mass is 19.1. The first-order valence-electron chi connectivity index (χ1n) is 8.11. The minimum Gasteiger partial charge on any atom is -0.497 e. The highest BCUT2D eigenvalue weighted by molar-refractivity contribution is 5.31. The summed E-state index contributed by atoms with van der Waals surface area (Å²) in [5.74, 6) is 2.44. The molecule has 0 aliphatic heterocycles. The van der Waals surface area contributed by atoms with Gasteiger partial charge in [0.25, 0.3) is 0 Å². The third kappa shape index (κ3) is 2.09. The Morgan fingerprint density at radius 1 is 1.14 bits per heavy atom. The van der Waals surface area contributed by atoms with Crippen LogP contribution in [0.1, 0.15) is 50.2 Å². The lowest BCUT2D eigenvalue weighted by atomic mass is 9.47. The molecule has 4 bridgehead atoms. The third-order valence-corrected chi connectivity index (χ3v) is 6.17. The van der Waals surface area contributed by atoms with E-state index in [0.717, 1.165) is 37.0 Å². The maximum atomic E-state index is 14.3. The number of hydrogen-bond donors (Lipinski definition) is 1. The largest absolute Gasteiger partial charge is 0.497 e. The smallest absolute Gasteiger partial charge is 0.132 e. The monoisotopic (exact) mass is 290 g/mol. The van der Waals surface area contributed by atoms with Crippen LogP contribution in [0.4, 0.5) is 4.39 Å². The van der Waals surface area contributed by atoms with E-state index in [4.69, 9.17) is 4.74 Å². The van der Waals surface area contributed by atoms with E-state index in [0.29, 0.717) is 11.3 Å². The van der Waals surface area contributed by atoms with Crippen LogP contribution in [0.5, 0.6) is 5.75 Å². The average molecular weight is 290 g/mol. The molecule has 0 saturated heterocycles. The lowest BCUT2D eigenvalue weighted by Crippen LogP contribution is -2.49. The minimum absolute atomic E-state index is 0.0792. The van der Waals surface area contributed by atoms with Gasteiger partial charge in [0.2, 0.25) is 0 Å². The molecule has 0 amide bonds. The van der Waals surface area contributed by atoms with Crippen LogP contribution in [0.2, 0.25) is 0 Å². The van der Waals surface area contributed by atoms with E-state index in [9.17, 15) is 9.50 Å². The zero-order chi connectivity index (χ0) is 14.6. The Kier molecular flexibility index (Phi) is 3.04. The van der Waals surface area contributed by atoms with Gasteiger partial charge in [-0.15, -0.1) is 0 Å². The van der Waals surface area contributed by atoms with Gasteiger partial charge in [0.1, 0.15) is 11.6 Å². The SMILES string of the molecule is COc1ccc(C(O)C23CC4CC(CC(C4)C2)C3)c(F)c1. The molecule has 0 heterocycles. The zero-order valence-electron chi connectivity index (χ0n) is 12.5. The Morgan fingerprint density at radius 2 is 1.71 bits per heavy atom. The van der Waals surface area contributed by atoms with E-state index in [-0.39, 0.29) is 11.2 Å². The number of benzene rings is 1. The van der Waals surface area contributed by atoms with Crippen molar-refractivity contribution in [3.63, 3.8) is 0 Å². The first kappa shape index (κ1) is 13.6. The van der Waals surface area contributed by atoms with Crippen LogP contribution in [0.15, 0.2) is 18.2 Å². The molecule has 0 radical (unpaired) electrons. The molecule has 0 spiro atoms. The molecule has 2 nitrogen and oxygen atoms in total. The summed E-state index contributed by atoms with van der Waals surface area (Å²) in [6.45, 7) is 0. The van der Waals surface area contributed by atoms with Crippen molar-refractivity contribution in [2.75, 3.05) is 7.11 Å². The van der Waals surface area contributed by atoms with E-state index in [1.165, 1.54) is 32.4 Å². The molecule has 3 heteroatoms. The van der Waals surface area contributed by atoms with Crippen LogP contribution in [0, 0.1) is 29.0 Å². The molecule has 1 aromatic rings. The summed E-state index contributed by atoms with van der Waals surface area (Å²) in [4.78, 5) is 0. The first-order valence-corrected chi connectivity index (χ1v) is 8.11. The van der Waals surface area contributed by atoms with Crippen LogP contribution in [0.25, 0.3) is 0 Å². The number of methoxy groups -OCH3 is 1. The molecule has 1 unspecified atom stereocenters. The van der Waals surface area contributed by atoms with Crippen molar-refractivity contribution < 1.29 is 14.2 Å². The van der Waals surface area contributed by atoms with Crippen molar-refractivity contribution in [3.8, 4) is 5.75 Å². The van der Waals surface area contributed by atoms with Gasteiger partial charge in [0, 0.05) is 17.0 Å². The molecule has 4 fully saturated rings. The number of halogens is 1. The van der Waals surface area contributed by atoms with Gasteiger partial charge >= 0.3 is 0 Å². The maximum Gasteiger partial charge on any atom is 0.132 e. The van der Waals surface area contributed by atoms with Gasteiger partial charge in [-0.2, -0.15) is 0 Å². The molecule has 4 aliphatic rings. The lowest BCUT2D eigenvalue weighted by Gasteiger charge is -2.58. The molecule has 1 atom stereocenters. The Hall–Kier alpha value is -1.09. The normalized spacial score (nSPS) is 38.5. The molecule has 4 saturated carbocycles. The van der Waals surface area contributed by atoms with Crippen molar-refractivity contribution in [1.29, 1.82) is 0 Å². The number of ether oxygens (including phenoxy) is 1. The molecule has 1 aromatic carbocycles. The lowest BCUT2D eigenvalue weighted by molar-refractivity contribution is -0.123. The summed E-state index contributed by atoms with van der Waals surface area (Å²) in [6, 6.07) is 4.85. The standard InChI is InChI=1S/C18H23FO2/c1-21-14-2-3-15(16(19)7-14)17(20)18-8-11-4-12(9-18)6-13(5-11)10-18/h2-3,7,11-13,17,20H,4-6,8-10H2,1H3. The van der Waals surface area contributed by atoms with Gasteiger partial charge < -0.3 is 9.84 Å². The van der Waals surface area contributed by atoms with Crippen molar-refractivity contribution in [1.82, 2.24) is 0 Å². The number of rotatable bonds is 3. The topological polar surface area (TPSA) is 29.5 Å². The van der Waals surface area contributed by atoms with Crippen LogP contribution in [-0.4, -0.2) is 12.2 Å². The Balaban J connectivity index is 1.66. The molecule has 5 rings (SSSR count). The fourth-order valence-electron chi connectivity index (χ4n) is 5.70. The van der Waals surface area contributed by atoms with Crippen molar-refractivity contribution in [2.24, 2.45) is 23.2 Å². The fourth-order valence-corrected chi connectivity index (χ4v) is 5.70. The van der Waals surface area contributed by atoms with E-state index in [1.807, 2.05) is 0 Å². The molecule has 1 N–H and O–H groups in total. The molecular formula is C18H23FO2. The highest BCUT2D eigenvalue weighted by Gasteiger charge is 2.54. The summed E-state index contributed by atoms with van der Waals surface area (Å²) in [7, 11) is 1.53. The van der Waals surface area contributed by atoms with Gasteiger partial charge in [-0.05, 0) is 68.4 Å². The maximum absolute atomic E-state index is 14.3. The van der Waals surface area contributed by atoms with E-state index >= 15 is 0 Å². The van der Waals surface area contributed by atoms with Gasteiger partial charge in [-0.25, -0.2) is 4.39 Å². The van der Waals surface area contributed by atoms with Crippen molar-refractivity contribution in [3.05, 3.63) is 29.6 Å². The summed E-state index contributed by atoms with van der Waals surface area (Å²) in [5, 5.41) is 10.9. The predicted octanol–water partition coefficient (Wildman–Crippen LogP) is 4.08. The number of aliphatic hydroxyl groups excluding tert-OH is 1. The first-order chi connectivity index (χ1) is 10.1. The summed E-state index contributed by atoms with van der Waals surface area (Å²) in [5.41, 5.74) is 0.377. The summed E-state index contributed by atoms with van der Waals surface area (Å²) >= 11 is 0. The Bertz CT molecular complexity index is 519. The second-order valence-electron chi connectivity index (χ2n) is 7.57. The van der Waals surface area contributed by atoms with Gasteiger partial charge in [-0.3, -0.25) is 0 Å². The summed E-state index contributed by atoms with van der Waals surface area (Å²) in [6.07, 6.45) is 6.55. The van der Waals surface area contributed by atoms with E-state index in [2.05, 4.69) is 0 Å². The van der Waals surface area contributed by atoms with Crippen molar-refractivity contribution in [2.45, 2.75) is 44.6 Å². The van der Waals surface area contributed by atoms with Crippen molar-refractivity contribution >= 4 is 0 Å². The molecule has 114 valence electrons.